The standard InChI is InChI=1S/C24H28N2O6/c1-4-30-23(28)18-9-11-25-20(15-18)21-16-19(10-12-26-21)24(29)32-14-8-6-5-7-13-31-22(27)17(2)3/h9-12,15-16H,2,4-8,13-14H2,1,3H3. The van der Waals surface area contributed by atoms with Crippen molar-refractivity contribution in [1.82, 2.24) is 9.97 Å². The number of hydrogen-bond acceptors (Lipinski definition) is 8. The highest BCUT2D eigenvalue weighted by molar-refractivity contribution is 5.92. The molecule has 0 aliphatic heterocycles. The number of aromatic nitrogens is 2. The Morgan fingerprint density at radius 3 is 1.81 bits per heavy atom. The van der Waals surface area contributed by atoms with E-state index in [1.165, 1.54) is 12.4 Å². The van der Waals surface area contributed by atoms with Crippen molar-refractivity contribution in [1.29, 1.82) is 0 Å². The van der Waals surface area contributed by atoms with Crippen molar-refractivity contribution in [2.75, 3.05) is 19.8 Å². The number of carbonyl (C=O) groups excluding carboxylic acids is 3. The first kappa shape index (κ1) is 24.7. The van der Waals surface area contributed by atoms with Gasteiger partial charge in [0.2, 0.25) is 0 Å². The summed E-state index contributed by atoms with van der Waals surface area (Å²) in [5.41, 5.74) is 2.01. The van der Waals surface area contributed by atoms with Crippen LogP contribution < -0.4 is 0 Å². The average Bonchev–Trinajstić information content (AvgIpc) is 2.80. The summed E-state index contributed by atoms with van der Waals surface area (Å²) in [7, 11) is 0. The Morgan fingerprint density at radius 1 is 0.812 bits per heavy atom. The molecule has 2 rings (SSSR count). The van der Waals surface area contributed by atoms with Gasteiger partial charge >= 0.3 is 17.9 Å². The summed E-state index contributed by atoms with van der Waals surface area (Å²) in [6, 6.07) is 6.28. The number of unbranched alkanes of at least 4 members (excludes halogenated alkanes) is 3. The largest absolute Gasteiger partial charge is 0.462 e. The number of pyridine rings is 2. The molecule has 0 amide bonds. The molecule has 0 fully saturated rings. The topological polar surface area (TPSA) is 105 Å². The first-order valence-corrected chi connectivity index (χ1v) is 10.5. The lowest BCUT2D eigenvalue weighted by Gasteiger charge is -2.07. The van der Waals surface area contributed by atoms with Gasteiger partial charge in [-0.25, -0.2) is 14.4 Å². The molecule has 0 atom stereocenters. The molecule has 2 heterocycles. The smallest absolute Gasteiger partial charge is 0.338 e. The van der Waals surface area contributed by atoms with E-state index in [1.54, 1.807) is 38.1 Å². The fourth-order valence-corrected chi connectivity index (χ4v) is 2.70. The number of nitrogens with zero attached hydrogens (tertiary/aromatic N) is 2. The van der Waals surface area contributed by atoms with E-state index >= 15 is 0 Å². The van der Waals surface area contributed by atoms with Crippen molar-refractivity contribution in [2.24, 2.45) is 0 Å². The predicted molar refractivity (Wildman–Crippen MR) is 118 cm³/mol. The van der Waals surface area contributed by atoms with E-state index in [0.29, 0.717) is 47.7 Å². The number of ether oxygens (including phenoxy) is 3. The maximum atomic E-state index is 12.4. The lowest BCUT2D eigenvalue weighted by atomic mass is 10.1. The minimum absolute atomic E-state index is 0.276. The van der Waals surface area contributed by atoms with Crippen molar-refractivity contribution in [3.05, 3.63) is 59.9 Å². The van der Waals surface area contributed by atoms with Crippen LogP contribution >= 0.6 is 0 Å². The summed E-state index contributed by atoms with van der Waals surface area (Å²) in [6.07, 6.45) is 6.16. The fraction of sp³-hybridized carbons (Fsp3) is 0.375. The van der Waals surface area contributed by atoms with Crippen molar-refractivity contribution >= 4 is 17.9 Å². The Hall–Kier alpha value is -3.55. The highest BCUT2D eigenvalue weighted by atomic mass is 16.5. The maximum Gasteiger partial charge on any atom is 0.338 e. The molecule has 2 aromatic rings. The molecular formula is C24H28N2O6. The zero-order valence-corrected chi connectivity index (χ0v) is 18.5. The molecule has 2 aromatic heterocycles. The van der Waals surface area contributed by atoms with Crippen LogP contribution in [0.3, 0.4) is 0 Å². The van der Waals surface area contributed by atoms with Gasteiger partial charge in [-0.2, -0.15) is 0 Å². The van der Waals surface area contributed by atoms with E-state index in [0.717, 1.165) is 19.3 Å². The zero-order chi connectivity index (χ0) is 23.3. The van der Waals surface area contributed by atoms with Crippen molar-refractivity contribution in [3.63, 3.8) is 0 Å². The van der Waals surface area contributed by atoms with E-state index in [9.17, 15) is 14.4 Å². The molecule has 0 aromatic carbocycles. The summed E-state index contributed by atoms with van der Waals surface area (Å²) in [4.78, 5) is 44.0. The third-order valence-corrected chi connectivity index (χ3v) is 4.38. The molecule has 170 valence electrons. The van der Waals surface area contributed by atoms with Gasteiger partial charge < -0.3 is 14.2 Å². The third-order valence-electron chi connectivity index (χ3n) is 4.38. The second-order valence-electron chi connectivity index (χ2n) is 7.05. The quantitative estimate of drug-likeness (QED) is 0.210. The number of rotatable bonds is 12. The van der Waals surface area contributed by atoms with Crippen LogP contribution in [0.5, 0.6) is 0 Å². The lowest BCUT2D eigenvalue weighted by Crippen LogP contribution is -2.08. The van der Waals surface area contributed by atoms with Crippen LogP contribution in [0.4, 0.5) is 0 Å². The number of hydrogen-bond donors (Lipinski definition) is 0. The Balaban J connectivity index is 1.80. The minimum atomic E-state index is -0.453. The molecule has 0 unspecified atom stereocenters. The summed E-state index contributed by atoms with van der Waals surface area (Å²) < 4.78 is 15.4. The van der Waals surface area contributed by atoms with Crippen molar-refractivity contribution < 1.29 is 28.6 Å². The molecule has 8 heteroatoms. The Morgan fingerprint density at radius 2 is 1.31 bits per heavy atom. The van der Waals surface area contributed by atoms with E-state index in [4.69, 9.17) is 14.2 Å². The minimum Gasteiger partial charge on any atom is -0.462 e. The summed E-state index contributed by atoms with van der Waals surface area (Å²) in [5, 5.41) is 0. The van der Waals surface area contributed by atoms with Gasteiger partial charge in [-0.3, -0.25) is 9.97 Å². The molecule has 0 bridgehead atoms. The normalized spacial score (nSPS) is 10.3. The zero-order valence-electron chi connectivity index (χ0n) is 18.5. The summed E-state index contributed by atoms with van der Waals surface area (Å²) in [6.45, 7) is 7.80. The van der Waals surface area contributed by atoms with E-state index in [2.05, 4.69) is 16.5 Å². The second kappa shape index (κ2) is 13.0. The van der Waals surface area contributed by atoms with Gasteiger partial charge in [0.15, 0.2) is 0 Å². The fourth-order valence-electron chi connectivity index (χ4n) is 2.70. The van der Waals surface area contributed by atoms with Crippen LogP contribution in [0.2, 0.25) is 0 Å². The monoisotopic (exact) mass is 440 g/mol. The van der Waals surface area contributed by atoms with Gasteiger partial charge in [0.05, 0.1) is 42.3 Å². The highest BCUT2D eigenvalue weighted by Gasteiger charge is 2.13. The SMILES string of the molecule is C=C(C)C(=O)OCCCCCCOC(=O)c1ccnc(-c2cc(C(=O)OCC)ccn2)c1. The van der Waals surface area contributed by atoms with E-state index < -0.39 is 11.9 Å². The Bertz CT molecular complexity index is 957. The van der Waals surface area contributed by atoms with Crippen molar-refractivity contribution in [3.8, 4) is 11.4 Å². The molecule has 0 saturated heterocycles. The van der Waals surface area contributed by atoms with Gasteiger partial charge in [0, 0.05) is 18.0 Å². The van der Waals surface area contributed by atoms with Crippen LogP contribution in [0, 0.1) is 0 Å². The van der Waals surface area contributed by atoms with E-state index in [-0.39, 0.29) is 12.6 Å². The van der Waals surface area contributed by atoms with Crippen LogP contribution in [0.25, 0.3) is 11.4 Å². The first-order chi connectivity index (χ1) is 15.4. The third kappa shape index (κ3) is 7.94. The molecule has 0 aliphatic carbocycles. The number of esters is 3. The molecule has 32 heavy (non-hydrogen) atoms. The maximum absolute atomic E-state index is 12.4. The Kier molecular flexibility index (Phi) is 10.0. The molecule has 8 nitrogen and oxygen atoms in total. The predicted octanol–water partition coefficient (Wildman–Crippen LogP) is 4.16. The first-order valence-electron chi connectivity index (χ1n) is 10.5. The van der Waals surface area contributed by atoms with Crippen LogP contribution in [-0.4, -0.2) is 47.7 Å². The number of carbonyl (C=O) groups is 3. The van der Waals surface area contributed by atoms with Gasteiger partial charge in [-0.1, -0.05) is 6.58 Å². The van der Waals surface area contributed by atoms with Gasteiger partial charge in [-0.15, -0.1) is 0 Å². The molecule has 0 N–H and O–H groups in total. The highest BCUT2D eigenvalue weighted by Crippen LogP contribution is 2.18. The Labute approximate surface area is 187 Å². The molecule has 0 spiro atoms. The molecule has 0 radical (unpaired) electrons. The lowest BCUT2D eigenvalue weighted by molar-refractivity contribution is -0.139. The molecule has 0 saturated carbocycles. The van der Waals surface area contributed by atoms with Crippen LogP contribution in [-0.2, 0) is 19.0 Å². The summed E-state index contributed by atoms with van der Waals surface area (Å²) in [5.74, 6) is -1.27. The van der Waals surface area contributed by atoms with Gasteiger partial charge in [0.25, 0.3) is 0 Å². The van der Waals surface area contributed by atoms with Crippen LogP contribution in [0.15, 0.2) is 48.8 Å². The average molecular weight is 440 g/mol. The second-order valence-corrected chi connectivity index (χ2v) is 7.05. The van der Waals surface area contributed by atoms with E-state index in [1.807, 2.05) is 0 Å². The molecule has 0 aliphatic rings. The molecular weight excluding hydrogens is 412 g/mol. The van der Waals surface area contributed by atoms with Gasteiger partial charge in [0.1, 0.15) is 0 Å². The van der Waals surface area contributed by atoms with Gasteiger partial charge in [-0.05, 0) is 63.8 Å². The summed E-state index contributed by atoms with van der Waals surface area (Å²) >= 11 is 0. The van der Waals surface area contributed by atoms with Crippen LogP contribution in [0.1, 0.15) is 60.2 Å². The van der Waals surface area contributed by atoms with Crippen molar-refractivity contribution in [2.45, 2.75) is 39.5 Å².